The molecule has 2 aromatic carbocycles. The lowest BCUT2D eigenvalue weighted by molar-refractivity contribution is 0.543. The van der Waals surface area contributed by atoms with Gasteiger partial charge in [-0.15, -0.1) is 0 Å². The van der Waals surface area contributed by atoms with E-state index in [4.69, 9.17) is 0 Å². The molecule has 0 fully saturated rings. The van der Waals surface area contributed by atoms with Gasteiger partial charge in [0.1, 0.15) is 16.5 Å². The summed E-state index contributed by atoms with van der Waals surface area (Å²) in [6.07, 6.45) is 3.93. The van der Waals surface area contributed by atoms with Gasteiger partial charge in [-0.3, -0.25) is 0 Å². The molecule has 0 unspecified atom stereocenters. The number of nitrogens with zero attached hydrogens (tertiary/aromatic N) is 2. The topological polar surface area (TPSA) is 64.0 Å². The van der Waals surface area contributed by atoms with Gasteiger partial charge >= 0.3 is 0 Å². The van der Waals surface area contributed by atoms with Crippen LogP contribution in [0.2, 0.25) is 0 Å². The molecule has 5 nitrogen and oxygen atoms in total. The van der Waals surface area contributed by atoms with Gasteiger partial charge in [0.25, 0.3) is 0 Å². The molecule has 25 heavy (non-hydrogen) atoms. The van der Waals surface area contributed by atoms with E-state index in [1.165, 1.54) is 0 Å². The van der Waals surface area contributed by atoms with Gasteiger partial charge in [0.05, 0.1) is 5.69 Å². The van der Waals surface area contributed by atoms with Crippen LogP contribution >= 0.6 is 0 Å². The molecule has 1 aromatic heterocycles. The van der Waals surface area contributed by atoms with Crippen LogP contribution in [0.15, 0.2) is 65.8 Å². The van der Waals surface area contributed by atoms with E-state index in [0.29, 0.717) is 12.5 Å². The fourth-order valence-electron chi connectivity index (χ4n) is 2.34. The Morgan fingerprint density at radius 2 is 1.84 bits per heavy atom. The van der Waals surface area contributed by atoms with E-state index < -0.39 is 26.6 Å². The zero-order valence-corrected chi connectivity index (χ0v) is 13.9. The van der Waals surface area contributed by atoms with Crippen molar-refractivity contribution in [3.63, 3.8) is 0 Å². The quantitative estimate of drug-likeness (QED) is 0.732. The zero-order valence-electron chi connectivity index (χ0n) is 13.1. The predicted molar refractivity (Wildman–Crippen MR) is 88.8 cm³/mol. The van der Waals surface area contributed by atoms with Crippen molar-refractivity contribution in [1.29, 1.82) is 0 Å². The second-order valence-electron chi connectivity index (χ2n) is 5.34. The molecule has 0 aliphatic heterocycles. The summed E-state index contributed by atoms with van der Waals surface area (Å²) >= 11 is 0. The van der Waals surface area contributed by atoms with Gasteiger partial charge in [-0.25, -0.2) is 26.6 Å². The summed E-state index contributed by atoms with van der Waals surface area (Å²) in [5.41, 5.74) is 1.81. The van der Waals surface area contributed by atoms with Crippen LogP contribution in [-0.2, 0) is 16.4 Å². The lowest BCUT2D eigenvalue weighted by Crippen LogP contribution is -2.26. The molecule has 3 aromatic rings. The number of hydrogen-bond donors (Lipinski definition) is 1. The zero-order chi connectivity index (χ0) is 17.9. The number of nitrogens with one attached hydrogen (secondary N) is 1. The molecule has 3 rings (SSSR count). The maximum Gasteiger partial charge on any atom is 0.243 e. The molecule has 0 aliphatic rings. The average molecular weight is 363 g/mol. The Hall–Kier alpha value is -2.58. The molecule has 0 saturated heterocycles. The molecule has 8 heteroatoms. The minimum atomic E-state index is -4.03. The molecule has 0 atom stereocenters. The number of halogens is 2. The molecule has 0 bridgehead atoms. The van der Waals surface area contributed by atoms with Gasteiger partial charge in [-0.1, -0.05) is 12.1 Å². The standard InChI is InChI=1S/C17H15F2N3O2S/c18-14-4-7-17(16(19)12-14)25(23,24)21-10-8-13-2-5-15(6-3-13)22-11-1-9-20-22/h1-7,9,11-12,21H,8,10H2. The second-order valence-corrected chi connectivity index (χ2v) is 7.07. The van der Waals surface area contributed by atoms with E-state index in [1.807, 2.05) is 36.5 Å². The van der Waals surface area contributed by atoms with E-state index in [2.05, 4.69) is 9.82 Å². The largest absolute Gasteiger partial charge is 0.243 e. The molecule has 1 heterocycles. The number of hydrogen-bond acceptors (Lipinski definition) is 3. The van der Waals surface area contributed by atoms with Crippen molar-refractivity contribution in [2.45, 2.75) is 11.3 Å². The lowest BCUT2D eigenvalue weighted by atomic mass is 10.1. The molecule has 0 amide bonds. The van der Waals surface area contributed by atoms with E-state index in [1.54, 1.807) is 10.9 Å². The summed E-state index contributed by atoms with van der Waals surface area (Å²) in [4.78, 5) is -0.567. The van der Waals surface area contributed by atoms with Crippen molar-refractivity contribution < 1.29 is 17.2 Å². The summed E-state index contributed by atoms with van der Waals surface area (Å²) in [5.74, 6) is -1.94. The lowest BCUT2D eigenvalue weighted by Gasteiger charge is -2.08. The smallest absolute Gasteiger partial charge is 0.241 e. The van der Waals surface area contributed by atoms with E-state index in [9.17, 15) is 17.2 Å². The average Bonchev–Trinajstić information content (AvgIpc) is 3.09. The first-order chi connectivity index (χ1) is 12.0. The van der Waals surface area contributed by atoms with Crippen molar-refractivity contribution >= 4 is 10.0 Å². The van der Waals surface area contributed by atoms with Crippen LogP contribution < -0.4 is 4.72 Å². The Morgan fingerprint density at radius 1 is 1.08 bits per heavy atom. The van der Waals surface area contributed by atoms with Crippen LogP contribution in [0.5, 0.6) is 0 Å². The van der Waals surface area contributed by atoms with Crippen LogP contribution in [0.4, 0.5) is 8.78 Å². The Kier molecular flexibility index (Phi) is 4.91. The second kappa shape index (κ2) is 7.12. The van der Waals surface area contributed by atoms with Crippen LogP contribution in [0, 0.1) is 11.6 Å². The summed E-state index contributed by atoms with van der Waals surface area (Å²) in [5, 5.41) is 4.12. The highest BCUT2D eigenvalue weighted by Crippen LogP contribution is 2.15. The summed E-state index contributed by atoms with van der Waals surface area (Å²) in [6, 6.07) is 11.7. The molecule has 0 saturated carbocycles. The van der Waals surface area contributed by atoms with Crippen molar-refractivity contribution in [2.75, 3.05) is 6.54 Å². The fraction of sp³-hybridized carbons (Fsp3) is 0.118. The van der Waals surface area contributed by atoms with E-state index >= 15 is 0 Å². The fourth-order valence-corrected chi connectivity index (χ4v) is 3.43. The van der Waals surface area contributed by atoms with Crippen LogP contribution in [0.25, 0.3) is 5.69 Å². The molecule has 0 spiro atoms. The van der Waals surface area contributed by atoms with Crippen molar-refractivity contribution in [2.24, 2.45) is 0 Å². The Bertz CT molecular complexity index is 956. The Morgan fingerprint density at radius 3 is 2.48 bits per heavy atom. The van der Waals surface area contributed by atoms with Crippen molar-refractivity contribution in [3.05, 3.63) is 78.1 Å². The molecule has 130 valence electrons. The van der Waals surface area contributed by atoms with Gasteiger partial charge < -0.3 is 0 Å². The van der Waals surface area contributed by atoms with Gasteiger partial charge in [0.2, 0.25) is 10.0 Å². The maximum absolute atomic E-state index is 13.6. The van der Waals surface area contributed by atoms with E-state index in [0.717, 1.165) is 23.4 Å². The number of rotatable bonds is 6. The molecule has 0 aliphatic carbocycles. The van der Waals surface area contributed by atoms with E-state index in [-0.39, 0.29) is 6.54 Å². The third-order valence-corrected chi connectivity index (χ3v) is 5.09. The van der Waals surface area contributed by atoms with Crippen LogP contribution in [0.1, 0.15) is 5.56 Å². The first-order valence-electron chi connectivity index (χ1n) is 7.49. The highest BCUT2D eigenvalue weighted by Gasteiger charge is 2.18. The Balaban J connectivity index is 1.62. The monoisotopic (exact) mass is 363 g/mol. The van der Waals surface area contributed by atoms with Crippen molar-refractivity contribution in [3.8, 4) is 5.69 Å². The molecular weight excluding hydrogens is 348 g/mol. The first-order valence-corrected chi connectivity index (χ1v) is 8.98. The maximum atomic E-state index is 13.6. The number of aromatic nitrogens is 2. The Labute approximate surface area is 144 Å². The van der Waals surface area contributed by atoms with Crippen molar-refractivity contribution in [1.82, 2.24) is 14.5 Å². The van der Waals surface area contributed by atoms with Gasteiger partial charge in [-0.05, 0) is 42.3 Å². The summed E-state index contributed by atoms with van der Waals surface area (Å²) < 4.78 is 54.7. The minimum Gasteiger partial charge on any atom is -0.241 e. The predicted octanol–water partition coefficient (Wildman–Crippen LogP) is 2.67. The summed E-state index contributed by atoms with van der Waals surface area (Å²) in [6.45, 7) is 0.0975. The summed E-state index contributed by atoms with van der Waals surface area (Å²) in [7, 11) is -4.03. The molecule has 0 radical (unpaired) electrons. The SMILES string of the molecule is O=S(=O)(NCCc1ccc(-n2cccn2)cc1)c1ccc(F)cc1F. The third-order valence-electron chi connectivity index (χ3n) is 3.59. The van der Waals surface area contributed by atoms with Crippen LogP contribution in [-0.4, -0.2) is 24.7 Å². The minimum absolute atomic E-state index is 0.0975. The molecular formula is C17H15F2N3O2S. The first kappa shape index (κ1) is 17.2. The highest BCUT2D eigenvalue weighted by molar-refractivity contribution is 7.89. The highest BCUT2D eigenvalue weighted by atomic mass is 32.2. The van der Waals surface area contributed by atoms with Gasteiger partial charge in [0, 0.05) is 25.0 Å². The van der Waals surface area contributed by atoms with Crippen LogP contribution in [0.3, 0.4) is 0 Å². The number of sulfonamides is 1. The normalized spacial score (nSPS) is 11.6. The van der Waals surface area contributed by atoms with Gasteiger partial charge in [-0.2, -0.15) is 5.10 Å². The molecule has 1 N–H and O–H groups in total. The third kappa shape index (κ3) is 4.09. The number of benzene rings is 2. The van der Waals surface area contributed by atoms with Gasteiger partial charge in [0.15, 0.2) is 0 Å².